The Hall–Kier alpha value is -1.79. The second-order valence-electron chi connectivity index (χ2n) is 4.30. The third kappa shape index (κ3) is 3.86. The molecule has 0 saturated carbocycles. The van der Waals surface area contributed by atoms with Crippen LogP contribution in [0.5, 0.6) is 0 Å². The highest BCUT2D eigenvalue weighted by Gasteiger charge is 2.19. The number of nitrogens with zero attached hydrogens (tertiary/aromatic N) is 1. The van der Waals surface area contributed by atoms with Gasteiger partial charge in [0.05, 0.1) is 29.1 Å². The summed E-state index contributed by atoms with van der Waals surface area (Å²) in [6, 6.07) is 8.43. The van der Waals surface area contributed by atoms with Gasteiger partial charge in [0.1, 0.15) is 0 Å². The number of amides is 2. The summed E-state index contributed by atoms with van der Waals surface area (Å²) in [5.41, 5.74) is 0.873. The van der Waals surface area contributed by atoms with Gasteiger partial charge in [-0.25, -0.2) is 0 Å². The highest BCUT2D eigenvalue weighted by atomic mass is 79.9. The maximum atomic E-state index is 12.1. The van der Waals surface area contributed by atoms with Crippen LogP contribution in [0.4, 0.5) is 5.69 Å². The van der Waals surface area contributed by atoms with Crippen LogP contribution >= 0.6 is 27.5 Å². The van der Waals surface area contributed by atoms with E-state index < -0.39 is 0 Å². The Morgan fingerprint density at radius 1 is 1.33 bits per heavy atom. The zero-order valence-electron chi connectivity index (χ0n) is 11.1. The van der Waals surface area contributed by atoms with Crippen molar-refractivity contribution in [1.82, 2.24) is 4.90 Å². The molecule has 0 spiro atoms. The number of para-hydroxylation sites is 1. The molecule has 0 aliphatic carbocycles. The summed E-state index contributed by atoms with van der Waals surface area (Å²) in [4.78, 5) is 25.3. The number of anilines is 1. The van der Waals surface area contributed by atoms with Crippen molar-refractivity contribution in [2.75, 3.05) is 18.9 Å². The van der Waals surface area contributed by atoms with E-state index in [9.17, 15) is 9.59 Å². The molecule has 1 heterocycles. The maximum absolute atomic E-state index is 12.1. The van der Waals surface area contributed by atoms with Gasteiger partial charge in [-0.2, -0.15) is 0 Å². The first-order chi connectivity index (χ1) is 9.99. The maximum Gasteiger partial charge on any atom is 0.258 e. The third-order valence-corrected chi connectivity index (χ3v) is 3.67. The molecule has 0 saturated heterocycles. The van der Waals surface area contributed by atoms with Gasteiger partial charge < -0.3 is 14.6 Å². The van der Waals surface area contributed by atoms with Crippen LogP contribution < -0.4 is 5.32 Å². The molecule has 0 bridgehead atoms. The molecule has 1 N–H and O–H groups in total. The van der Waals surface area contributed by atoms with Crippen LogP contribution in [0.25, 0.3) is 0 Å². The Morgan fingerprint density at radius 3 is 2.67 bits per heavy atom. The molecule has 1 aromatic carbocycles. The Labute approximate surface area is 135 Å². The number of nitrogens with one attached hydrogen (secondary N) is 1. The number of benzene rings is 1. The topological polar surface area (TPSA) is 62.6 Å². The van der Waals surface area contributed by atoms with Crippen LogP contribution in [0, 0.1) is 0 Å². The first-order valence-corrected chi connectivity index (χ1v) is 7.19. The van der Waals surface area contributed by atoms with E-state index in [0.717, 1.165) is 0 Å². The summed E-state index contributed by atoms with van der Waals surface area (Å²) >= 11 is 9.09. The van der Waals surface area contributed by atoms with Gasteiger partial charge in [0.25, 0.3) is 5.91 Å². The number of furan rings is 1. The standard InChI is InChI=1S/C14H12BrClN2O3/c1-18(14(20)9-6-7-21-13(9)15)8-12(19)17-11-5-3-2-4-10(11)16/h2-7H,8H2,1H3,(H,17,19). The van der Waals surface area contributed by atoms with Crippen molar-refractivity contribution in [3.63, 3.8) is 0 Å². The number of rotatable bonds is 4. The summed E-state index contributed by atoms with van der Waals surface area (Å²) in [6.07, 6.45) is 1.40. The molecule has 2 aromatic rings. The van der Waals surface area contributed by atoms with Gasteiger partial charge in [0, 0.05) is 7.05 Å². The third-order valence-electron chi connectivity index (χ3n) is 2.72. The van der Waals surface area contributed by atoms with Gasteiger partial charge in [-0.1, -0.05) is 23.7 Å². The molecule has 110 valence electrons. The highest BCUT2D eigenvalue weighted by Crippen LogP contribution is 2.21. The number of likely N-dealkylation sites (N-methyl/N-ethyl adjacent to an activating group) is 1. The monoisotopic (exact) mass is 370 g/mol. The molecule has 0 aliphatic heterocycles. The van der Waals surface area contributed by atoms with Crippen LogP contribution in [0.15, 0.2) is 45.7 Å². The van der Waals surface area contributed by atoms with Crippen molar-refractivity contribution in [3.05, 3.63) is 51.9 Å². The molecule has 21 heavy (non-hydrogen) atoms. The fraction of sp³-hybridized carbons (Fsp3) is 0.143. The fourth-order valence-corrected chi connectivity index (χ4v) is 2.28. The molecule has 0 aliphatic rings. The zero-order chi connectivity index (χ0) is 15.4. The molecule has 0 atom stereocenters. The van der Waals surface area contributed by atoms with E-state index in [-0.39, 0.29) is 18.4 Å². The van der Waals surface area contributed by atoms with Crippen molar-refractivity contribution < 1.29 is 14.0 Å². The summed E-state index contributed by atoms with van der Waals surface area (Å²) in [5, 5.41) is 3.10. The van der Waals surface area contributed by atoms with Crippen LogP contribution in [-0.4, -0.2) is 30.3 Å². The lowest BCUT2D eigenvalue weighted by Gasteiger charge is -2.16. The summed E-state index contributed by atoms with van der Waals surface area (Å²) in [7, 11) is 1.54. The van der Waals surface area contributed by atoms with E-state index in [2.05, 4.69) is 21.2 Å². The summed E-state index contributed by atoms with van der Waals surface area (Å²) in [6.45, 7) is -0.0956. The lowest BCUT2D eigenvalue weighted by Crippen LogP contribution is -2.34. The number of hydrogen-bond acceptors (Lipinski definition) is 3. The zero-order valence-corrected chi connectivity index (χ0v) is 13.4. The first kappa shape index (κ1) is 15.6. The van der Waals surface area contributed by atoms with E-state index >= 15 is 0 Å². The van der Waals surface area contributed by atoms with Crippen molar-refractivity contribution >= 4 is 45.0 Å². The van der Waals surface area contributed by atoms with Gasteiger partial charge in [-0.3, -0.25) is 9.59 Å². The van der Waals surface area contributed by atoms with Crippen LogP contribution in [0.1, 0.15) is 10.4 Å². The van der Waals surface area contributed by atoms with Crippen LogP contribution in [-0.2, 0) is 4.79 Å². The molecule has 2 amide bonds. The highest BCUT2D eigenvalue weighted by molar-refractivity contribution is 9.10. The predicted octanol–water partition coefficient (Wildman–Crippen LogP) is 3.41. The van der Waals surface area contributed by atoms with Crippen molar-refractivity contribution in [3.8, 4) is 0 Å². The van der Waals surface area contributed by atoms with Gasteiger partial charge in [0.15, 0.2) is 4.67 Å². The lowest BCUT2D eigenvalue weighted by atomic mass is 10.3. The first-order valence-electron chi connectivity index (χ1n) is 6.02. The minimum absolute atomic E-state index is 0.0956. The minimum atomic E-state index is -0.335. The molecule has 1 aromatic heterocycles. The van der Waals surface area contributed by atoms with Gasteiger partial charge >= 0.3 is 0 Å². The number of hydrogen-bond donors (Lipinski definition) is 1. The fourth-order valence-electron chi connectivity index (χ4n) is 1.69. The second-order valence-corrected chi connectivity index (χ2v) is 5.42. The summed E-state index contributed by atoms with van der Waals surface area (Å²) in [5.74, 6) is -0.650. The van der Waals surface area contributed by atoms with E-state index in [1.165, 1.54) is 24.3 Å². The number of carbonyl (C=O) groups is 2. The second kappa shape index (κ2) is 6.78. The van der Waals surface area contributed by atoms with Gasteiger partial charge in [-0.05, 0) is 34.1 Å². The molecular weight excluding hydrogens is 360 g/mol. The Balaban J connectivity index is 1.98. The predicted molar refractivity (Wildman–Crippen MR) is 83.5 cm³/mol. The lowest BCUT2D eigenvalue weighted by molar-refractivity contribution is -0.116. The SMILES string of the molecule is CN(CC(=O)Nc1ccccc1Cl)C(=O)c1ccoc1Br. The molecule has 0 fully saturated rings. The molecule has 7 heteroatoms. The normalized spacial score (nSPS) is 10.2. The molecule has 2 rings (SSSR count). The number of carbonyl (C=O) groups excluding carboxylic acids is 2. The van der Waals surface area contributed by atoms with Crippen LogP contribution in [0.3, 0.4) is 0 Å². The molecular formula is C14H12BrClN2O3. The minimum Gasteiger partial charge on any atom is -0.457 e. The number of halogens is 2. The smallest absolute Gasteiger partial charge is 0.258 e. The molecule has 0 radical (unpaired) electrons. The van der Waals surface area contributed by atoms with E-state index in [1.807, 2.05) is 0 Å². The van der Waals surface area contributed by atoms with Crippen LogP contribution in [0.2, 0.25) is 5.02 Å². The average Bonchev–Trinajstić information content (AvgIpc) is 2.86. The van der Waals surface area contributed by atoms with Crippen molar-refractivity contribution in [1.29, 1.82) is 0 Å². The molecule has 5 nitrogen and oxygen atoms in total. The average molecular weight is 372 g/mol. The molecule has 0 unspecified atom stereocenters. The quantitative estimate of drug-likeness (QED) is 0.896. The van der Waals surface area contributed by atoms with Gasteiger partial charge in [0.2, 0.25) is 5.91 Å². The largest absolute Gasteiger partial charge is 0.457 e. The van der Waals surface area contributed by atoms with Gasteiger partial charge in [-0.15, -0.1) is 0 Å². The Morgan fingerprint density at radius 2 is 2.05 bits per heavy atom. The van der Waals surface area contributed by atoms with Crippen molar-refractivity contribution in [2.45, 2.75) is 0 Å². The van der Waals surface area contributed by atoms with Crippen molar-refractivity contribution in [2.24, 2.45) is 0 Å². The van der Waals surface area contributed by atoms with E-state index in [4.69, 9.17) is 16.0 Å². The van der Waals surface area contributed by atoms with E-state index in [0.29, 0.717) is 20.9 Å². The Kier molecular flexibility index (Phi) is 5.03. The summed E-state index contributed by atoms with van der Waals surface area (Å²) < 4.78 is 5.34. The Bertz CT molecular complexity index is 672. The van der Waals surface area contributed by atoms with E-state index in [1.54, 1.807) is 24.3 Å².